The molecule has 2 aliphatic rings. The third-order valence-corrected chi connectivity index (χ3v) is 5.13. The molecule has 1 aliphatic heterocycles. The Morgan fingerprint density at radius 3 is 2.76 bits per heavy atom. The van der Waals surface area contributed by atoms with E-state index in [0.717, 1.165) is 25.5 Å². The Balaban J connectivity index is 1.75. The summed E-state index contributed by atoms with van der Waals surface area (Å²) in [5.74, 6) is 0.861. The summed E-state index contributed by atoms with van der Waals surface area (Å²) in [7, 11) is 1.84. The number of rotatable bonds is 4. The molecule has 0 radical (unpaired) electrons. The van der Waals surface area contributed by atoms with E-state index in [9.17, 15) is 0 Å². The molecule has 1 N–H and O–H groups in total. The predicted molar refractivity (Wildman–Crippen MR) is 81.7 cm³/mol. The van der Waals surface area contributed by atoms with E-state index >= 15 is 0 Å². The zero-order chi connectivity index (χ0) is 14.7. The van der Waals surface area contributed by atoms with Crippen molar-refractivity contribution in [3.63, 3.8) is 0 Å². The summed E-state index contributed by atoms with van der Waals surface area (Å²) < 4.78 is 0. The van der Waals surface area contributed by atoms with Crippen LogP contribution in [0.1, 0.15) is 57.7 Å². The number of aryl methyl sites for hydroxylation is 1. The minimum absolute atomic E-state index is 0.321. The fraction of sp³-hybridized carbons (Fsp3) is 0.933. The first-order chi connectivity index (χ1) is 10.2. The van der Waals surface area contributed by atoms with Gasteiger partial charge in [0.1, 0.15) is 0 Å². The molecule has 6 nitrogen and oxygen atoms in total. The topological polar surface area (TPSA) is 58.9 Å². The highest BCUT2D eigenvalue weighted by atomic mass is 15.6. The highest BCUT2D eigenvalue weighted by molar-refractivity contribution is 5.01. The lowest BCUT2D eigenvalue weighted by atomic mass is 9.78. The van der Waals surface area contributed by atoms with Crippen molar-refractivity contribution in [1.82, 2.24) is 30.4 Å². The van der Waals surface area contributed by atoms with Gasteiger partial charge >= 0.3 is 0 Å². The molecule has 1 aromatic rings. The smallest absolute Gasteiger partial charge is 0.188 e. The van der Waals surface area contributed by atoms with Crippen LogP contribution in [0.25, 0.3) is 0 Å². The number of nitrogens with one attached hydrogen (secondary N) is 1. The van der Waals surface area contributed by atoms with Crippen LogP contribution in [0.15, 0.2) is 0 Å². The molecule has 1 aliphatic carbocycles. The second-order valence-electron chi connectivity index (χ2n) is 6.73. The quantitative estimate of drug-likeness (QED) is 0.911. The Kier molecular flexibility index (Phi) is 4.54. The van der Waals surface area contributed by atoms with Crippen molar-refractivity contribution in [1.29, 1.82) is 0 Å². The first kappa shape index (κ1) is 14.9. The molecule has 1 aromatic heterocycles. The summed E-state index contributed by atoms with van der Waals surface area (Å²) in [6.07, 6.45) is 9.19. The van der Waals surface area contributed by atoms with E-state index in [-0.39, 0.29) is 0 Å². The van der Waals surface area contributed by atoms with E-state index < -0.39 is 0 Å². The van der Waals surface area contributed by atoms with Gasteiger partial charge < -0.3 is 5.32 Å². The van der Waals surface area contributed by atoms with Crippen molar-refractivity contribution < 1.29 is 0 Å². The summed E-state index contributed by atoms with van der Waals surface area (Å²) in [6, 6.07) is 0.610. The van der Waals surface area contributed by atoms with E-state index in [4.69, 9.17) is 0 Å². The van der Waals surface area contributed by atoms with Gasteiger partial charge in [0.2, 0.25) is 0 Å². The molecule has 1 saturated heterocycles. The first-order valence-electron chi connectivity index (χ1n) is 8.43. The Morgan fingerprint density at radius 1 is 1.29 bits per heavy atom. The molecule has 1 saturated carbocycles. The van der Waals surface area contributed by atoms with E-state index in [1.54, 1.807) is 4.80 Å². The largest absolute Gasteiger partial charge is 0.311 e. The van der Waals surface area contributed by atoms with Crippen LogP contribution in [0.2, 0.25) is 0 Å². The van der Waals surface area contributed by atoms with Gasteiger partial charge in [0.05, 0.1) is 13.6 Å². The van der Waals surface area contributed by atoms with Crippen LogP contribution in [-0.2, 0) is 13.6 Å². The lowest BCUT2D eigenvalue weighted by Gasteiger charge is -2.51. The Labute approximate surface area is 127 Å². The lowest BCUT2D eigenvalue weighted by molar-refractivity contribution is 0.0000486. The summed E-state index contributed by atoms with van der Waals surface area (Å²) in [5, 5.41) is 16.4. The molecule has 2 fully saturated rings. The third-order valence-electron chi connectivity index (χ3n) is 5.13. The molecule has 0 bridgehead atoms. The Hall–Kier alpha value is -1.01. The van der Waals surface area contributed by atoms with Crippen molar-refractivity contribution >= 4 is 0 Å². The molecule has 118 valence electrons. The van der Waals surface area contributed by atoms with E-state index in [2.05, 4.69) is 32.6 Å². The van der Waals surface area contributed by atoms with Gasteiger partial charge in [-0.05, 0) is 24.5 Å². The molecule has 0 amide bonds. The van der Waals surface area contributed by atoms with Crippen molar-refractivity contribution in [2.24, 2.45) is 7.05 Å². The van der Waals surface area contributed by atoms with Crippen LogP contribution in [0.4, 0.5) is 0 Å². The SMILES string of the molecule is CCCC1CN(Cc2nnn(C)n2)C2(CCCCC2)CN1. The lowest BCUT2D eigenvalue weighted by Crippen LogP contribution is -2.64. The predicted octanol–water partition coefficient (Wildman–Crippen LogP) is 1.49. The normalized spacial score (nSPS) is 26.3. The fourth-order valence-corrected chi connectivity index (χ4v) is 4.00. The second kappa shape index (κ2) is 6.40. The minimum Gasteiger partial charge on any atom is -0.311 e. The summed E-state index contributed by atoms with van der Waals surface area (Å²) in [6.45, 7) is 5.35. The molecule has 6 heteroatoms. The van der Waals surface area contributed by atoms with Crippen molar-refractivity contribution in [3.8, 4) is 0 Å². The van der Waals surface area contributed by atoms with Crippen LogP contribution in [-0.4, -0.2) is 49.8 Å². The van der Waals surface area contributed by atoms with Crippen LogP contribution in [0.3, 0.4) is 0 Å². The number of nitrogens with zero attached hydrogens (tertiary/aromatic N) is 5. The van der Waals surface area contributed by atoms with Gasteiger partial charge in [-0.1, -0.05) is 32.6 Å². The van der Waals surface area contributed by atoms with Crippen LogP contribution in [0, 0.1) is 0 Å². The second-order valence-corrected chi connectivity index (χ2v) is 6.73. The maximum absolute atomic E-state index is 4.39. The van der Waals surface area contributed by atoms with Gasteiger partial charge in [-0.3, -0.25) is 4.90 Å². The van der Waals surface area contributed by atoms with E-state index in [1.807, 2.05) is 7.05 Å². The maximum Gasteiger partial charge on any atom is 0.188 e. The third kappa shape index (κ3) is 3.26. The Morgan fingerprint density at radius 2 is 2.10 bits per heavy atom. The molecular weight excluding hydrogens is 264 g/mol. The van der Waals surface area contributed by atoms with Crippen LogP contribution in [0.5, 0.6) is 0 Å². The van der Waals surface area contributed by atoms with Gasteiger partial charge in [0.25, 0.3) is 0 Å². The van der Waals surface area contributed by atoms with Gasteiger partial charge in [-0.2, -0.15) is 4.80 Å². The Bertz CT molecular complexity index is 451. The monoisotopic (exact) mass is 292 g/mol. The zero-order valence-electron chi connectivity index (χ0n) is 13.4. The molecule has 1 atom stereocenters. The standard InChI is InChI=1S/C15H28N6/c1-3-7-13-10-21(11-14-17-19-20(2)18-14)15(12-16-13)8-5-4-6-9-15/h13,16H,3-12H2,1-2H3. The van der Waals surface area contributed by atoms with Gasteiger partial charge in [0, 0.05) is 24.7 Å². The molecule has 21 heavy (non-hydrogen) atoms. The number of hydrogen-bond donors (Lipinski definition) is 1. The van der Waals surface area contributed by atoms with Crippen molar-refractivity contribution in [2.75, 3.05) is 13.1 Å². The maximum atomic E-state index is 4.39. The number of aromatic nitrogens is 4. The zero-order valence-corrected chi connectivity index (χ0v) is 13.4. The van der Waals surface area contributed by atoms with Crippen LogP contribution >= 0.6 is 0 Å². The van der Waals surface area contributed by atoms with E-state index in [1.165, 1.54) is 44.9 Å². The average Bonchev–Trinajstić information content (AvgIpc) is 2.90. The molecule has 0 aromatic carbocycles. The van der Waals surface area contributed by atoms with Gasteiger partial charge in [-0.25, -0.2) is 0 Å². The minimum atomic E-state index is 0.321. The van der Waals surface area contributed by atoms with Crippen molar-refractivity contribution in [2.45, 2.75) is 70.0 Å². The molecule has 2 heterocycles. The summed E-state index contributed by atoms with van der Waals surface area (Å²) in [4.78, 5) is 4.22. The number of tetrazole rings is 1. The fourth-order valence-electron chi connectivity index (χ4n) is 4.00. The highest BCUT2D eigenvalue weighted by Gasteiger charge is 2.42. The summed E-state index contributed by atoms with van der Waals surface area (Å²) in [5.41, 5.74) is 0.321. The average molecular weight is 292 g/mol. The molecular formula is C15H28N6. The summed E-state index contributed by atoms with van der Waals surface area (Å²) >= 11 is 0. The molecule has 3 rings (SSSR count). The van der Waals surface area contributed by atoms with E-state index in [0.29, 0.717) is 11.6 Å². The highest BCUT2D eigenvalue weighted by Crippen LogP contribution is 2.36. The van der Waals surface area contributed by atoms with Gasteiger partial charge in [0.15, 0.2) is 5.82 Å². The molecule has 1 unspecified atom stereocenters. The first-order valence-corrected chi connectivity index (χ1v) is 8.43. The van der Waals surface area contributed by atoms with Crippen molar-refractivity contribution in [3.05, 3.63) is 5.82 Å². The van der Waals surface area contributed by atoms with Crippen LogP contribution < -0.4 is 5.32 Å². The molecule has 1 spiro atoms. The van der Waals surface area contributed by atoms with Gasteiger partial charge in [-0.15, -0.1) is 10.2 Å². The number of piperazine rings is 1. The number of hydrogen-bond acceptors (Lipinski definition) is 5.